The molecule has 4 saturated carbocycles. The third kappa shape index (κ3) is 4.20. The van der Waals surface area contributed by atoms with Gasteiger partial charge in [0.15, 0.2) is 0 Å². The average molecular weight is 440 g/mol. The summed E-state index contributed by atoms with van der Waals surface area (Å²) in [4.78, 5) is 15.1. The molecule has 6 nitrogen and oxygen atoms in total. The number of fused-ring (bicyclic) bond motifs is 1. The lowest BCUT2D eigenvalue weighted by atomic mass is 9.53. The van der Waals surface area contributed by atoms with Crippen molar-refractivity contribution in [2.24, 2.45) is 22.9 Å². The van der Waals surface area contributed by atoms with Crippen LogP contribution in [-0.2, 0) is 14.8 Å². The van der Waals surface area contributed by atoms with E-state index in [2.05, 4.69) is 15.2 Å². The highest BCUT2D eigenvalue weighted by Crippen LogP contribution is 2.55. The molecule has 4 aliphatic rings. The molecule has 4 fully saturated rings. The number of benzene rings is 2. The molecule has 0 saturated heterocycles. The zero-order chi connectivity index (χ0) is 21.6. The normalized spacial score (nSPS) is 29.8. The second-order valence-electron chi connectivity index (χ2n) is 9.87. The van der Waals surface area contributed by atoms with Crippen LogP contribution in [0.25, 0.3) is 10.8 Å². The molecule has 7 heteroatoms. The summed E-state index contributed by atoms with van der Waals surface area (Å²) >= 11 is 0. The Labute approximate surface area is 183 Å². The summed E-state index contributed by atoms with van der Waals surface area (Å²) in [7, 11) is -3.80. The Kier molecular flexibility index (Phi) is 5.04. The largest absolute Gasteiger partial charge is 0.350 e. The van der Waals surface area contributed by atoms with Gasteiger partial charge in [0.25, 0.3) is 10.0 Å². The van der Waals surface area contributed by atoms with Gasteiger partial charge in [0.05, 0.1) is 11.3 Å². The third-order valence-electron chi connectivity index (χ3n) is 7.25. The standard InChI is InChI=1S/C24H29N3O3S/c1-16(8-23(28)25-24-13-17-9-18(14-24)11-19(10-17)15-24)26-27-31(29,30)22-7-6-20-4-2-3-5-21(20)12-22/h2-7,12,17-19,27H,8-11,13-15H2,1H3,(H,25,28). The SMILES string of the molecule is CC(CC(=O)NC12CC3CC(CC(C3)C1)C2)=NNS(=O)(=O)c1ccc2ccccc2c1. The molecule has 2 N–H and O–H groups in total. The fraction of sp³-hybridized carbons (Fsp3) is 0.500. The van der Waals surface area contributed by atoms with E-state index in [-0.39, 0.29) is 22.8 Å². The van der Waals surface area contributed by atoms with Gasteiger partial charge in [-0.2, -0.15) is 13.5 Å². The number of hydrogen-bond donors (Lipinski definition) is 2. The third-order valence-corrected chi connectivity index (χ3v) is 8.45. The topological polar surface area (TPSA) is 87.6 Å². The molecule has 0 atom stereocenters. The zero-order valence-corrected chi connectivity index (χ0v) is 18.6. The van der Waals surface area contributed by atoms with Gasteiger partial charge in [-0.15, -0.1) is 0 Å². The molecule has 4 aliphatic carbocycles. The van der Waals surface area contributed by atoms with Crippen molar-refractivity contribution in [2.45, 2.75) is 62.3 Å². The Morgan fingerprint density at radius 3 is 2.26 bits per heavy atom. The predicted molar refractivity (Wildman–Crippen MR) is 121 cm³/mol. The number of carbonyl (C=O) groups excluding carboxylic acids is 1. The number of hydrogen-bond acceptors (Lipinski definition) is 4. The van der Waals surface area contributed by atoms with Crippen molar-refractivity contribution in [1.82, 2.24) is 10.1 Å². The van der Waals surface area contributed by atoms with Gasteiger partial charge in [-0.3, -0.25) is 4.79 Å². The zero-order valence-electron chi connectivity index (χ0n) is 17.8. The number of amides is 1. The first-order valence-corrected chi connectivity index (χ1v) is 12.6. The van der Waals surface area contributed by atoms with Crippen molar-refractivity contribution in [3.05, 3.63) is 42.5 Å². The fourth-order valence-electron chi connectivity index (χ4n) is 6.40. The van der Waals surface area contributed by atoms with Crippen LogP contribution in [0.2, 0.25) is 0 Å². The minimum atomic E-state index is -3.80. The van der Waals surface area contributed by atoms with Gasteiger partial charge >= 0.3 is 0 Å². The smallest absolute Gasteiger partial charge is 0.276 e. The van der Waals surface area contributed by atoms with Crippen molar-refractivity contribution in [3.8, 4) is 0 Å². The van der Waals surface area contributed by atoms with Gasteiger partial charge in [-0.1, -0.05) is 30.3 Å². The van der Waals surface area contributed by atoms with E-state index >= 15 is 0 Å². The molecule has 4 bridgehead atoms. The Hall–Kier alpha value is -2.41. The monoisotopic (exact) mass is 439 g/mol. The van der Waals surface area contributed by atoms with Gasteiger partial charge in [-0.05, 0) is 86.1 Å². The van der Waals surface area contributed by atoms with Crippen molar-refractivity contribution in [3.63, 3.8) is 0 Å². The minimum absolute atomic E-state index is 0.0449. The molecule has 2 aromatic carbocycles. The molecular weight excluding hydrogens is 410 g/mol. The van der Waals surface area contributed by atoms with E-state index in [1.165, 1.54) is 19.3 Å². The van der Waals surface area contributed by atoms with E-state index in [0.29, 0.717) is 5.71 Å². The van der Waals surface area contributed by atoms with Crippen LogP contribution in [0.15, 0.2) is 52.5 Å². The molecule has 6 rings (SSSR count). The maximum absolute atomic E-state index is 12.7. The Morgan fingerprint density at radius 1 is 1.00 bits per heavy atom. The second kappa shape index (κ2) is 7.62. The van der Waals surface area contributed by atoms with E-state index in [9.17, 15) is 13.2 Å². The van der Waals surface area contributed by atoms with Gasteiger partial charge in [0, 0.05) is 11.3 Å². The van der Waals surface area contributed by atoms with Gasteiger partial charge < -0.3 is 5.32 Å². The molecule has 0 spiro atoms. The van der Waals surface area contributed by atoms with E-state index in [0.717, 1.165) is 47.8 Å². The van der Waals surface area contributed by atoms with Crippen LogP contribution in [0.3, 0.4) is 0 Å². The molecule has 0 aromatic heterocycles. The first-order chi connectivity index (χ1) is 14.8. The van der Waals surface area contributed by atoms with E-state index < -0.39 is 10.0 Å². The summed E-state index contributed by atoms with van der Waals surface area (Å²) in [5, 5.41) is 9.13. The van der Waals surface area contributed by atoms with Gasteiger partial charge in [0.1, 0.15) is 0 Å². The van der Waals surface area contributed by atoms with Gasteiger partial charge in [0.2, 0.25) is 5.91 Å². The summed E-state index contributed by atoms with van der Waals surface area (Å²) in [5.41, 5.74) is 0.406. The molecule has 2 aromatic rings. The number of rotatable bonds is 6. The number of hydrazone groups is 1. The lowest BCUT2D eigenvalue weighted by Gasteiger charge is -2.56. The molecule has 164 valence electrons. The summed E-state index contributed by atoms with van der Waals surface area (Å²) in [6.07, 6.45) is 7.35. The van der Waals surface area contributed by atoms with Crippen LogP contribution in [0.4, 0.5) is 0 Å². The number of nitrogens with one attached hydrogen (secondary N) is 2. The lowest BCUT2D eigenvalue weighted by molar-refractivity contribution is -0.125. The Balaban J connectivity index is 1.22. The minimum Gasteiger partial charge on any atom is -0.350 e. The summed E-state index contributed by atoms with van der Waals surface area (Å²) in [5.74, 6) is 2.22. The summed E-state index contributed by atoms with van der Waals surface area (Å²) in [6, 6.07) is 12.6. The number of sulfonamides is 1. The Bertz CT molecular complexity index is 1120. The maximum Gasteiger partial charge on any atom is 0.276 e. The van der Waals surface area contributed by atoms with Gasteiger partial charge in [-0.25, -0.2) is 4.83 Å². The van der Waals surface area contributed by atoms with E-state index in [4.69, 9.17) is 0 Å². The van der Waals surface area contributed by atoms with Crippen LogP contribution in [0, 0.1) is 17.8 Å². The van der Waals surface area contributed by atoms with E-state index in [1.54, 1.807) is 25.1 Å². The summed E-state index contributed by atoms with van der Waals surface area (Å²) < 4.78 is 25.3. The van der Waals surface area contributed by atoms with Crippen LogP contribution in [0.1, 0.15) is 51.9 Å². The first-order valence-electron chi connectivity index (χ1n) is 11.2. The maximum atomic E-state index is 12.7. The van der Waals surface area contributed by atoms with Crippen LogP contribution in [-0.4, -0.2) is 25.6 Å². The number of nitrogens with zero attached hydrogens (tertiary/aromatic N) is 1. The molecule has 31 heavy (non-hydrogen) atoms. The van der Waals surface area contributed by atoms with Crippen LogP contribution < -0.4 is 10.1 Å². The van der Waals surface area contributed by atoms with E-state index in [1.807, 2.05) is 24.3 Å². The molecule has 1 amide bonds. The number of carbonyl (C=O) groups is 1. The predicted octanol–water partition coefficient (Wildman–Crippen LogP) is 3.97. The molecular formula is C24H29N3O3S. The quantitative estimate of drug-likeness (QED) is 0.527. The van der Waals surface area contributed by atoms with Crippen molar-refractivity contribution >= 4 is 32.4 Å². The molecule has 0 heterocycles. The lowest BCUT2D eigenvalue weighted by Crippen LogP contribution is -2.60. The summed E-state index contributed by atoms with van der Waals surface area (Å²) in [6.45, 7) is 1.68. The van der Waals surface area contributed by atoms with Crippen molar-refractivity contribution in [1.29, 1.82) is 0 Å². The van der Waals surface area contributed by atoms with Crippen molar-refractivity contribution < 1.29 is 13.2 Å². The molecule has 0 aliphatic heterocycles. The Morgan fingerprint density at radius 2 is 1.61 bits per heavy atom. The van der Waals surface area contributed by atoms with Crippen LogP contribution in [0.5, 0.6) is 0 Å². The highest BCUT2D eigenvalue weighted by atomic mass is 32.2. The molecule has 0 unspecified atom stereocenters. The highest BCUT2D eigenvalue weighted by Gasteiger charge is 2.51. The second-order valence-corrected chi connectivity index (χ2v) is 11.5. The first kappa shape index (κ1) is 20.5. The van der Waals surface area contributed by atoms with Crippen molar-refractivity contribution in [2.75, 3.05) is 0 Å². The highest BCUT2D eigenvalue weighted by molar-refractivity contribution is 7.89. The average Bonchev–Trinajstić information content (AvgIpc) is 2.70. The fourth-order valence-corrected chi connectivity index (χ4v) is 7.31. The van der Waals surface area contributed by atoms with Crippen LogP contribution >= 0.6 is 0 Å². The molecule has 0 radical (unpaired) electrons.